The maximum Gasteiger partial charge on any atom is 0.265 e. The predicted octanol–water partition coefficient (Wildman–Crippen LogP) is 6.38. The summed E-state index contributed by atoms with van der Waals surface area (Å²) in [7, 11) is 0. The van der Waals surface area contributed by atoms with E-state index < -0.39 is 0 Å². The molecular weight excluding hydrogens is 465 g/mol. The second-order valence-electron chi connectivity index (χ2n) is 6.75. The minimum atomic E-state index is -0.347. The summed E-state index contributed by atoms with van der Waals surface area (Å²) in [6.45, 7) is 1.82. The zero-order chi connectivity index (χ0) is 22.5. The number of thiophene rings is 1. The summed E-state index contributed by atoms with van der Waals surface area (Å²) in [5.41, 5.74) is 2.17. The van der Waals surface area contributed by atoms with Crippen molar-refractivity contribution in [2.45, 2.75) is 17.1 Å². The number of carbonyl (C=O) groups is 2. The van der Waals surface area contributed by atoms with E-state index >= 15 is 0 Å². The summed E-state index contributed by atoms with van der Waals surface area (Å²) >= 11 is 4.12. The molecule has 0 spiro atoms. The van der Waals surface area contributed by atoms with Crippen molar-refractivity contribution in [2.75, 3.05) is 10.6 Å². The molecule has 1 atom stereocenters. The smallest absolute Gasteiger partial charge is 0.265 e. The van der Waals surface area contributed by atoms with Gasteiger partial charge in [0, 0.05) is 21.5 Å². The van der Waals surface area contributed by atoms with E-state index in [0.717, 1.165) is 10.5 Å². The van der Waals surface area contributed by atoms with E-state index in [1.807, 2.05) is 48.0 Å². The Morgan fingerprint density at radius 2 is 1.75 bits per heavy atom. The molecule has 162 valence electrons. The van der Waals surface area contributed by atoms with Gasteiger partial charge in [0.15, 0.2) is 5.13 Å². The number of nitrogens with zero attached hydrogens (tertiary/aromatic N) is 1. The first kappa shape index (κ1) is 22.2. The number of thioether (sulfide) groups is 1. The van der Waals surface area contributed by atoms with Gasteiger partial charge in [0.2, 0.25) is 5.91 Å². The summed E-state index contributed by atoms with van der Waals surface area (Å²) in [6.07, 6.45) is 0. The first-order valence-electron chi connectivity index (χ1n) is 9.62. The number of aromatic nitrogens is 1. The van der Waals surface area contributed by atoms with Crippen molar-refractivity contribution in [3.05, 3.63) is 82.1 Å². The standard InChI is InChI=1S/C23H18FN3O2S3/c1-14(21(28)27-23-26-19(13-31-23)15-4-6-16(24)7-5-15)32-18-10-8-17(9-11-18)25-22(29)20-3-2-12-30-20/h2-14H,1H3,(H,25,29)(H,26,27,28). The van der Waals surface area contributed by atoms with Gasteiger partial charge in [0.25, 0.3) is 5.91 Å². The highest BCUT2D eigenvalue weighted by Gasteiger charge is 2.17. The van der Waals surface area contributed by atoms with Crippen LogP contribution in [0.4, 0.5) is 15.2 Å². The summed E-state index contributed by atoms with van der Waals surface area (Å²) in [5, 5.41) is 9.52. The zero-order valence-corrected chi connectivity index (χ0v) is 19.3. The lowest BCUT2D eigenvalue weighted by Gasteiger charge is -2.11. The molecule has 0 radical (unpaired) electrons. The topological polar surface area (TPSA) is 71.1 Å². The molecule has 2 amide bonds. The predicted molar refractivity (Wildman–Crippen MR) is 130 cm³/mol. The van der Waals surface area contributed by atoms with E-state index in [9.17, 15) is 14.0 Å². The van der Waals surface area contributed by atoms with E-state index in [4.69, 9.17) is 0 Å². The fraction of sp³-hybridized carbons (Fsp3) is 0.0870. The highest BCUT2D eigenvalue weighted by molar-refractivity contribution is 8.00. The Hall–Kier alpha value is -3.01. The van der Waals surface area contributed by atoms with Crippen molar-refractivity contribution < 1.29 is 14.0 Å². The number of anilines is 2. The normalized spacial score (nSPS) is 11.7. The Balaban J connectivity index is 1.31. The number of thiazole rings is 1. The van der Waals surface area contributed by atoms with Crippen molar-refractivity contribution in [1.82, 2.24) is 4.98 Å². The van der Waals surface area contributed by atoms with Crippen LogP contribution in [0.3, 0.4) is 0 Å². The molecule has 0 aliphatic rings. The number of hydrogen-bond acceptors (Lipinski definition) is 6. The summed E-state index contributed by atoms with van der Waals surface area (Å²) in [5.74, 6) is -0.608. The molecule has 2 aromatic heterocycles. The van der Waals surface area contributed by atoms with Gasteiger partial charge in [-0.3, -0.25) is 9.59 Å². The van der Waals surface area contributed by atoms with Crippen LogP contribution in [0.25, 0.3) is 11.3 Å². The van der Waals surface area contributed by atoms with Crippen molar-refractivity contribution >= 4 is 57.1 Å². The highest BCUT2D eigenvalue weighted by atomic mass is 32.2. The number of benzene rings is 2. The fourth-order valence-electron chi connectivity index (χ4n) is 2.77. The number of carbonyl (C=O) groups excluding carboxylic acids is 2. The molecule has 2 aromatic carbocycles. The Morgan fingerprint density at radius 1 is 1.00 bits per heavy atom. The van der Waals surface area contributed by atoms with E-state index in [0.29, 0.717) is 21.4 Å². The minimum absolute atomic E-state index is 0.142. The van der Waals surface area contributed by atoms with Gasteiger partial charge in [-0.1, -0.05) is 6.07 Å². The molecule has 0 aliphatic heterocycles. The number of nitrogens with one attached hydrogen (secondary N) is 2. The van der Waals surface area contributed by atoms with Crippen LogP contribution < -0.4 is 10.6 Å². The average molecular weight is 484 g/mol. The molecule has 5 nitrogen and oxygen atoms in total. The van der Waals surface area contributed by atoms with Gasteiger partial charge in [-0.05, 0) is 66.9 Å². The van der Waals surface area contributed by atoms with Crippen LogP contribution in [-0.4, -0.2) is 22.0 Å². The van der Waals surface area contributed by atoms with Crippen LogP contribution in [0, 0.1) is 5.82 Å². The van der Waals surface area contributed by atoms with Crippen LogP contribution in [0.15, 0.2) is 76.3 Å². The van der Waals surface area contributed by atoms with E-state index in [1.165, 1.54) is 46.6 Å². The lowest BCUT2D eigenvalue weighted by Crippen LogP contribution is -2.22. The van der Waals surface area contributed by atoms with Crippen LogP contribution in [0.2, 0.25) is 0 Å². The molecule has 2 heterocycles. The van der Waals surface area contributed by atoms with Crippen molar-refractivity contribution in [3.8, 4) is 11.3 Å². The van der Waals surface area contributed by atoms with Crippen LogP contribution >= 0.6 is 34.4 Å². The molecule has 32 heavy (non-hydrogen) atoms. The highest BCUT2D eigenvalue weighted by Crippen LogP contribution is 2.28. The second-order valence-corrected chi connectivity index (χ2v) is 9.97. The molecule has 1 unspecified atom stereocenters. The quantitative estimate of drug-likeness (QED) is 0.299. The van der Waals surface area contributed by atoms with Gasteiger partial charge >= 0.3 is 0 Å². The van der Waals surface area contributed by atoms with Gasteiger partial charge in [-0.25, -0.2) is 9.37 Å². The minimum Gasteiger partial charge on any atom is -0.321 e. The lowest BCUT2D eigenvalue weighted by molar-refractivity contribution is -0.115. The third-order valence-corrected chi connectivity index (χ3v) is 7.15. The SMILES string of the molecule is CC(Sc1ccc(NC(=O)c2cccs2)cc1)C(=O)Nc1nc(-c2ccc(F)cc2)cs1. The fourth-order valence-corrected chi connectivity index (χ4v) is 4.98. The number of rotatable bonds is 7. The Morgan fingerprint density at radius 3 is 2.44 bits per heavy atom. The van der Waals surface area contributed by atoms with Gasteiger partial charge in [-0.2, -0.15) is 0 Å². The number of hydrogen-bond donors (Lipinski definition) is 2. The van der Waals surface area contributed by atoms with Crippen LogP contribution in [0.1, 0.15) is 16.6 Å². The lowest BCUT2D eigenvalue weighted by atomic mass is 10.2. The molecule has 0 saturated carbocycles. The maximum absolute atomic E-state index is 13.1. The van der Waals surface area contributed by atoms with Gasteiger partial charge in [0.1, 0.15) is 5.82 Å². The monoisotopic (exact) mass is 483 g/mol. The summed E-state index contributed by atoms with van der Waals surface area (Å²) in [6, 6.07) is 17.0. The largest absolute Gasteiger partial charge is 0.321 e. The second kappa shape index (κ2) is 10.1. The molecule has 0 fully saturated rings. The van der Waals surface area contributed by atoms with Crippen molar-refractivity contribution in [2.24, 2.45) is 0 Å². The van der Waals surface area contributed by atoms with Crippen LogP contribution in [0.5, 0.6) is 0 Å². The van der Waals surface area contributed by atoms with E-state index in [1.54, 1.807) is 18.2 Å². The Kier molecular flexibility index (Phi) is 6.99. The molecule has 0 saturated heterocycles. The summed E-state index contributed by atoms with van der Waals surface area (Å²) in [4.78, 5) is 30.7. The maximum atomic E-state index is 13.1. The van der Waals surface area contributed by atoms with Gasteiger partial charge in [-0.15, -0.1) is 34.4 Å². The van der Waals surface area contributed by atoms with Gasteiger partial charge < -0.3 is 10.6 Å². The first-order valence-corrected chi connectivity index (χ1v) is 12.3. The number of halogens is 1. The van der Waals surface area contributed by atoms with Crippen molar-refractivity contribution in [3.63, 3.8) is 0 Å². The molecule has 9 heteroatoms. The Labute approximate surface area is 196 Å². The molecule has 0 aliphatic carbocycles. The van der Waals surface area contributed by atoms with Gasteiger partial charge in [0.05, 0.1) is 15.8 Å². The third-order valence-electron chi connectivity index (χ3n) is 4.41. The van der Waals surface area contributed by atoms with E-state index in [-0.39, 0.29) is 22.9 Å². The molecule has 4 rings (SSSR count). The van der Waals surface area contributed by atoms with Crippen LogP contribution in [-0.2, 0) is 4.79 Å². The van der Waals surface area contributed by atoms with E-state index in [2.05, 4.69) is 15.6 Å². The average Bonchev–Trinajstić information content (AvgIpc) is 3.48. The van der Waals surface area contributed by atoms with Crippen molar-refractivity contribution in [1.29, 1.82) is 0 Å². The zero-order valence-electron chi connectivity index (χ0n) is 16.9. The third kappa shape index (κ3) is 5.61. The molecule has 4 aromatic rings. The Bertz CT molecular complexity index is 1210. The molecule has 0 bridgehead atoms. The molecule has 2 N–H and O–H groups in total. The number of amides is 2. The summed E-state index contributed by atoms with van der Waals surface area (Å²) < 4.78 is 13.1. The first-order chi connectivity index (χ1) is 15.5. The molecular formula is C23H18FN3O2S3.